The van der Waals surface area contributed by atoms with Crippen molar-refractivity contribution in [3.05, 3.63) is 78.4 Å². The van der Waals surface area contributed by atoms with E-state index < -0.39 is 0 Å². The number of nitrogens with zero attached hydrogens (tertiary/aromatic N) is 1. The van der Waals surface area contributed by atoms with Gasteiger partial charge in [-0.25, -0.2) is 0 Å². The molecule has 0 spiro atoms. The van der Waals surface area contributed by atoms with Gasteiger partial charge in [0.15, 0.2) is 0 Å². The van der Waals surface area contributed by atoms with Crippen molar-refractivity contribution < 1.29 is 0 Å². The minimum Gasteiger partial charge on any atom is -0.362 e. The molecule has 3 aromatic carbocycles. The van der Waals surface area contributed by atoms with Gasteiger partial charge in [-0.2, -0.15) is 0 Å². The van der Waals surface area contributed by atoms with Crippen molar-refractivity contribution in [2.24, 2.45) is 5.73 Å². The van der Waals surface area contributed by atoms with Crippen LogP contribution in [-0.4, -0.2) is 12.1 Å². The number of fused-ring (bicyclic) bond motifs is 1. The van der Waals surface area contributed by atoms with Crippen molar-refractivity contribution in [2.45, 2.75) is 50.7 Å². The second kappa shape index (κ2) is 7.51. The summed E-state index contributed by atoms with van der Waals surface area (Å²) in [5.74, 6) is 0. The molecule has 2 nitrogen and oxygen atoms in total. The van der Waals surface area contributed by atoms with Crippen LogP contribution in [0.2, 0.25) is 0 Å². The highest BCUT2D eigenvalue weighted by Crippen LogP contribution is 2.36. The lowest BCUT2D eigenvalue weighted by molar-refractivity contribution is 0.359. The second-order valence-corrected chi connectivity index (χ2v) is 7.57. The first-order chi connectivity index (χ1) is 12.7. The third kappa shape index (κ3) is 3.34. The fraction of sp³-hybridized carbons (Fsp3) is 0.333. The van der Waals surface area contributed by atoms with Gasteiger partial charge in [-0.05, 0) is 61.1 Å². The van der Waals surface area contributed by atoms with Crippen molar-refractivity contribution in [2.75, 3.05) is 4.90 Å². The molecule has 1 aliphatic carbocycles. The van der Waals surface area contributed by atoms with E-state index in [-0.39, 0.29) is 0 Å². The molecule has 0 aliphatic heterocycles. The molecule has 2 N–H and O–H groups in total. The summed E-state index contributed by atoms with van der Waals surface area (Å²) in [6.45, 7) is 2.34. The molecule has 4 rings (SSSR count). The second-order valence-electron chi connectivity index (χ2n) is 7.57. The molecule has 1 saturated carbocycles. The summed E-state index contributed by atoms with van der Waals surface area (Å²) in [6.07, 6.45) is 4.67. The van der Waals surface area contributed by atoms with Gasteiger partial charge in [-0.3, -0.25) is 0 Å². The Morgan fingerprint density at radius 2 is 1.62 bits per heavy atom. The molecule has 0 aromatic heterocycles. The number of para-hydroxylation sites is 1. The van der Waals surface area contributed by atoms with Crippen molar-refractivity contribution in [3.63, 3.8) is 0 Å². The number of anilines is 1. The molecule has 0 heterocycles. The Labute approximate surface area is 156 Å². The number of nitrogens with two attached hydrogens (primary N) is 1. The van der Waals surface area contributed by atoms with Crippen LogP contribution in [0.3, 0.4) is 0 Å². The number of hydrogen-bond donors (Lipinski definition) is 1. The molecule has 3 aromatic rings. The summed E-state index contributed by atoms with van der Waals surface area (Å²) >= 11 is 0. The molecular weight excluding hydrogens is 316 g/mol. The van der Waals surface area contributed by atoms with Crippen LogP contribution < -0.4 is 10.6 Å². The lowest BCUT2D eigenvalue weighted by Gasteiger charge is -2.42. The topological polar surface area (TPSA) is 29.3 Å². The zero-order valence-corrected chi connectivity index (χ0v) is 15.5. The Bertz CT molecular complexity index is 853. The van der Waals surface area contributed by atoms with Crippen molar-refractivity contribution in [3.8, 4) is 0 Å². The van der Waals surface area contributed by atoms with Crippen LogP contribution in [0.1, 0.15) is 44.2 Å². The molecule has 1 fully saturated rings. The average molecular weight is 345 g/mol. The van der Waals surface area contributed by atoms with Crippen LogP contribution >= 0.6 is 0 Å². The molecular formula is C24H28N2. The lowest BCUT2D eigenvalue weighted by atomic mass is 9.88. The van der Waals surface area contributed by atoms with E-state index in [1.807, 2.05) is 0 Å². The maximum Gasteiger partial charge on any atom is 0.0523 e. The van der Waals surface area contributed by atoms with Crippen LogP contribution in [0.4, 0.5) is 5.69 Å². The minimum absolute atomic E-state index is 0.304. The summed E-state index contributed by atoms with van der Waals surface area (Å²) in [5.41, 5.74) is 9.04. The smallest absolute Gasteiger partial charge is 0.0523 e. The summed E-state index contributed by atoms with van der Waals surface area (Å²) in [4.78, 5) is 2.61. The predicted molar refractivity (Wildman–Crippen MR) is 112 cm³/mol. The van der Waals surface area contributed by atoms with Crippen LogP contribution in [0.25, 0.3) is 10.8 Å². The number of rotatable bonds is 4. The highest BCUT2D eigenvalue weighted by Gasteiger charge is 2.29. The Kier molecular flexibility index (Phi) is 4.94. The Morgan fingerprint density at radius 1 is 0.885 bits per heavy atom. The molecule has 134 valence electrons. The fourth-order valence-corrected chi connectivity index (χ4v) is 4.57. The van der Waals surface area contributed by atoms with Crippen LogP contribution in [-0.2, 0) is 0 Å². The molecule has 3 atom stereocenters. The highest BCUT2D eigenvalue weighted by molar-refractivity contribution is 5.86. The molecule has 1 aliphatic rings. The van der Waals surface area contributed by atoms with Crippen LogP contribution in [0.15, 0.2) is 72.8 Å². The van der Waals surface area contributed by atoms with Gasteiger partial charge in [0.2, 0.25) is 0 Å². The highest BCUT2D eigenvalue weighted by atomic mass is 15.2. The van der Waals surface area contributed by atoms with Gasteiger partial charge in [0.05, 0.1) is 6.04 Å². The molecule has 0 radical (unpaired) electrons. The average Bonchev–Trinajstić information content (AvgIpc) is 2.68. The van der Waals surface area contributed by atoms with E-state index in [4.69, 9.17) is 5.73 Å². The van der Waals surface area contributed by atoms with Gasteiger partial charge in [0.1, 0.15) is 0 Å². The van der Waals surface area contributed by atoms with Gasteiger partial charge < -0.3 is 10.6 Å². The quantitative estimate of drug-likeness (QED) is 0.660. The van der Waals surface area contributed by atoms with Crippen LogP contribution in [0, 0.1) is 0 Å². The Morgan fingerprint density at radius 3 is 2.42 bits per heavy atom. The Hall–Kier alpha value is -2.32. The van der Waals surface area contributed by atoms with E-state index in [2.05, 4.69) is 84.6 Å². The van der Waals surface area contributed by atoms with Gasteiger partial charge in [-0.1, -0.05) is 60.7 Å². The summed E-state index contributed by atoms with van der Waals surface area (Å²) < 4.78 is 0. The SMILES string of the molecule is CC(c1cccc2ccccc12)N(c1ccccc1)C1CCCC(N)C1. The lowest BCUT2D eigenvalue weighted by Crippen LogP contribution is -2.44. The van der Waals surface area contributed by atoms with Gasteiger partial charge in [0.25, 0.3) is 0 Å². The summed E-state index contributed by atoms with van der Waals surface area (Å²) in [7, 11) is 0. The van der Waals surface area contributed by atoms with Gasteiger partial charge in [-0.15, -0.1) is 0 Å². The first-order valence-corrected chi connectivity index (χ1v) is 9.80. The monoisotopic (exact) mass is 344 g/mol. The molecule has 2 heteroatoms. The zero-order chi connectivity index (χ0) is 17.9. The van der Waals surface area contributed by atoms with Crippen molar-refractivity contribution >= 4 is 16.5 Å². The van der Waals surface area contributed by atoms with E-state index >= 15 is 0 Å². The third-order valence-corrected chi connectivity index (χ3v) is 5.83. The molecule has 3 unspecified atom stereocenters. The molecule has 0 amide bonds. The summed E-state index contributed by atoms with van der Waals surface area (Å²) in [6, 6.07) is 27.3. The van der Waals surface area contributed by atoms with Crippen molar-refractivity contribution in [1.29, 1.82) is 0 Å². The maximum absolute atomic E-state index is 6.34. The maximum atomic E-state index is 6.34. The first kappa shape index (κ1) is 17.1. The Balaban J connectivity index is 1.77. The van der Waals surface area contributed by atoms with Gasteiger partial charge in [0, 0.05) is 17.8 Å². The van der Waals surface area contributed by atoms with Crippen LogP contribution in [0.5, 0.6) is 0 Å². The van der Waals surface area contributed by atoms with Gasteiger partial charge >= 0.3 is 0 Å². The predicted octanol–water partition coefficient (Wildman–Crippen LogP) is 5.68. The zero-order valence-electron chi connectivity index (χ0n) is 15.5. The molecule has 0 bridgehead atoms. The molecule has 0 saturated heterocycles. The van der Waals surface area contributed by atoms with E-state index in [1.54, 1.807) is 0 Å². The number of hydrogen-bond acceptors (Lipinski definition) is 2. The fourth-order valence-electron chi connectivity index (χ4n) is 4.57. The summed E-state index contributed by atoms with van der Waals surface area (Å²) in [5, 5.41) is 2.66. The minimum atomic E-state index is 0.304. The normalized spacial score (nSPS) is 21.5. The molecule has 26 heavy (non-hydrogen) atoms. The van der Waals surface area contributed by atoms with E-state index in [0.717, 1.165) is 12.8 Å². The number of benzene rings is 3. The van der Waals surface area contributed by atoms with E-state index in [0.29, 0.717) is 18.1 Å². The third-order valence-electron chi connectivity index (χ3n) is 5.83. The largest absolute Gasteiger partial charge is 0.362 e. The van der Waals surface area contributed by atoms with E-state index in [1.165, 1.54) is 34.9 Å². The first-order valence-electron chi connectivity index (χ1n) is 9.80. The standard InChI is InChI=1S/C24H28N2/c1-18(23-16-7-10-19-9-5-6-15-24(19)23)26(21-12-3-2-4-13-21)22-14-8-11-20(25)17-22/h2-7,9-10,12-13,15-16,18,20,22H,8,11,14,17,25H2,1H3. The van der Waals surface area contributed by atoms with E-state index in [9.17, 15) is 0 Å². The van der Waals surface area contributed by atoms with Crippen molar-refractivity contribution in [1.82, 2.24) is 0 Å².